The number of hydrogen-bond donors (Lipinski definition) is 2. The van der Waals surface area contributed by atoms with Crippen molar-refractivity contribution in [2.45, 2.75) is 71.8 Å². The molecule has 1 aliphatic rings. The molecule has 0 aromatic heterocycles. The first-order valence-electron chi connectivity index (χ1n) is 10.6. The van der Waals surface area contributed by atoms with E-state index < -0.39 is 16.1 Å². The van der Waals surface area contributed by atoms with Crippen molar-refractivity contribution in [2.75, 3.05) is 19.7 Å². The van der Waals surface area contributed by atoms with E-state index in [2.05, 4.69) is 11.6 Å². The summed E-state index contributed by atoms with van der Waals surface area (Å²) >= 11 is -1.24. The number of aliphatic hydroxyl groups is 1. The summed E-state index contributed by atoms with van der Waals surface area (Å²) in [5.41, 5.74) is 0.376. The van der Waals surface area contributed by atoms with Gasteiger partial charge in [0.25, 0.3) is 0 Å². The Morgan fingerprint density at radius 3 is 2.50 bits per heavy atom. The largest absolute Gasteiger partial charge is 0.598 e. The molecule has 1 amide bonds. The highest BCUT2D eigenvalue weighted by atomic mass is 32.2. The molecule has 1 fully saturated rings. The predicted octanol–water partition coefficient (Wildman–Crippen LogP) is 3.86. The highest BCUT2D eigenvalue weighted by Gasteiger charge is 2.47. The molecule has 1 aromatic rings. The van der Waals surface area contributed by atoms with Crippen molar-refractivity contribution in [1.82, 2.24) is 9.62 Å². The van der Waals surface area contributed by atoms with Gasteiger partial charge >= 0.3 is 6.09 Å². The summed E-state index contributed by atoms with van der Waals surface area (Å²) in [4.78, 5) is 14.4. The van der Waals surface area contributed by atoms with E-state index in [1.54, 1.807) is 4.90 Å². The number of carbonyl (C=O) groups is 1. The first kappa shape index (κ1) is 25.0. The zero-order chi connectivity index (χ0) is 22.6. The second-order valence-electron chi connectivity index (χ2n) is 10.4. The molecule has 1 aromatic carbocycles. The Morgan fingerprint density at radius 2 is 1.93 bits per heavy atom. The molecule has 0 aliphatic carbocycles. The molecular weight excluding hydrogens is 400 g/mol. The number of amides is 1. The predicted molar refractivity (Wildman–Crippen MR) is 121 cm³/mol. The van der Waals surface area contributed by atoms with Gasteiger partial charge in [-0.15, -0.1) is 4.72 Å². The molecule has 2 N–H and O–H groups in total. The number of ether oxygens (including phenoxy) is 1. The van der Waals surface area contributed by atoms with Gasteiger partial charge in [-0.25, -0.2) is 4.79 Å². The van der Waals surface area contributed by atoms with E-state index in [1.165, 1.54) is 0 Å². The van der Waals surface area contributed by atoms with Crippen LogP contribution in [-0.4, -0.2) is 51.1 Å². The van der Waals surface area contributed by atoms with Crippen molar-refractivity contribution < 1.29 is 19.2 Å². The molecule has 0 spiro atoms. The highest BCUT2D eigenvalue weighted by Crippen LogP contribution is 2.39. The third kappa shape index (κ3) is 6.87. The summed E-state index contributed by atoms with van der Waals surface area (Å²) in [6, 6.07) is 9.53. The van der Waals surface area contributed by atoms with E-state index in [9.17, 15) is 14.5 Å². The fourth-order valence-electron chi connectivity index (χ4n) is 3.59. The van der Waals surface area contributed by atoms with Crippen LogP contribution in [-0.2, 0) is 22.7 Å². The van der Waals surface area contributed by atoms with Crippen LogP contribution in [0.2, 0.25) is 0 Å². The summed E-state index contributed by atoms with van der Waals surface area (Å²) in [7, 11) is 0. The summed E-state index contributed by atoms with van der Waals surface area (Å²) in [5.74, 6) is 0. The van der Waals surface area contributed by atoms with Gasteiger partial charge in [-0.1, -0.05) is 51.1 Å². The minimum atomic E-state index is -1.24. The smallest absolute Gasteiger partial charge is 0.410 e. The lowest BCUT2D eigenvalue weighted by Crippen LogP contribution is -2.54. The van der Waals surface area contributed by atoms with Crippen LogP contribution < -0.4 is 4.72 Å². The van der Waals surface area contributed by atoms with Crippen LogP contribution in [0.15, 0.2) is 30.3 Å². The molecule has 0 radical (unpaired) electrons. The minimum Gasteiger partial charge on any atom is -0.598 e. The lowest BCUT2D eigenvalue weighted by Gasteiger charge is -2.40. The van der Waals surface area contributed by atoms with E-state index in [-0.39, 0.29) is 36.2 Å². The average molecular weight is 439 g/mol. The maximum Gasteiger partial charge on any atom is 0.410 e. The van der Waals surface area contributed by atoms with Gasteiger partial charge in [-0.2, -0.15) is 0 Å². The number of likely N-dealkylation sites (tertiary alicyclic amines) is 1. The van der Waals surface area contributed by atoms with Crippen LogP contribution in [0.3, 0.4) is 0 Å². The second-order valence-corrected chi connectivity index (χ2v) is 12.4. The fraction of sp³-hybridized carbons (Fsp3) is 0.696. The average Bonchev–Trinajstić information content (AvgIpc) is 3.09. The monoisotopic (exact) mass is 438 g/mol. The van der Waals surface area contributed by atoms with Crippen molar-refractivity contribution in [3.63, 3.8) is 0 Å². The molecule has 0 saturated carbocycles. The Morgan fingerprint density at radius 1 is 1.30 bits per heavy atom. The third-order valence-corrected chi connectivity index (χ3v) is 7.41. The molecule has 2 rings (SSSR count). The lowest BCUT2D eigenvalue weighted by molar-refractivity contribution is 0.0894. The van der Waals surface area contributed by atoms with E-state index >= 15 is 0 Å². The van der Waals surface area contributed by atoms with E-state index in [1.807, 2.05) is 65.0 Å². The van der Waals surface area contributed by atoms with E-state index in [0.29, 0.717) is 19.5 Å². The number of rotatable bonds is 8. The van der Waals surface area contributed by atoms with Crippen molar-refractivity contribution in [3.8, 4) is 0 Å². The Hall–Kier alpha value is -1.28. The number of carbonyl (C=O) groups excluding carboxylic acids is 1. The van der Waals surface area contributed by atoms with Crippen molar-refractivity contribution in [2.24, 2.45) is 10.8 Å². The van der Waals surface area contributed by atoms with Crippen molar-refractivity contribution in [1.29, 1.82) is 0 Å². The second kappa shape index (κ2) is 9.90. The standard InChI is InChI=1S/C23H38N2O4S/c1-21(2,3)30(28)24-19(14-22(4,5)17-26)23(6)12-13-25(16-23)20(27)29-15-18-10-8-7-9-11-18/h7-11,19,24,26H,12-17H2,1-6H3/t19-,23+,30-/m0/s1. The lowest BCUT2D eigenvalue weighted by atomic mass is 9.74. The van der Waals surface area contributed by atoms with Gasteiger partial charge in [0.1, 0.15) is 11.4 Å². The van der Waals surface area contributed by atoms with Crippen LogP contribution in [0.5, 0.6) is 0 Å². The topological polar surface area (TPSA) is 84.9 Å². The highest BCUT2D eigenvalue weighted by molar-refractivity contribution is 7.90. The van der Waals surface area contributed by atoms with Crippen LogP contribution in [0.1, 0.15) is 59.9 Å². The molecule has 6 nitrogen and oxygen atoms in total. The van der Waals surface area contributed by atoms with Gasteiger partial charge in [-0.05, 0) is 44.6 Å². The first-order valence-corrected chi connectivity index (χ1v) is 11.8. The zero-order valence-corrected chi connectivity index (χ0v) is 20.1. The maximum atomic E-state index is 12.9. The molecule has 30 heavy (non-hydrogen) atoms. The summed E-state index contributed by atoms with van der Waals surface area (Å²) in [6.07, 6.45) is 1.13. The third-order valence-electron chi connectivity index (χ3n) is 5.80. The molecular formula is C23H38N2O4S. The molecule has 170 valence electrons. The van der Waals surface area contributed by atoms with E-state index in [0.717, 1.165) is 12.0 Å². The summed E-state index contributed by atoms with van der Waals surface area (Å²) in [6.45, 7) is 13.4. The van der Waals surface area contributed by atoms with Crippen LogP contribution >= 0.6 is 0 Å². The fourth-order valence-corrected chi connectivity index (χ4v) is 4.57. The SMILES string of the molecule is CC(C)(CO)C[C@H](N[S@@+]([O-])C(C)(C)C)[C@]1(C)CCN(C(=O)OCc2ccccc2)C1. The number of nitrogens with zero attached hydrogens (tertiary/aromatic N) is 1. The van der Waals surface area contributed by atoms with Gasteiger partial charge in [0.15, 0.2) is 0 Å². The van der Waals surface area contributed by atoms with Gasteiger partial charge in [0.2, 0.25) is 0 Å². The molecule has 1 heterocycles. The molecule has 0 bridgehead atoms. The Kier molecular flexibility index (Phi) is 8.24. The molecule has 3 atom stereocenters. The van der Waals surface area contributed by atoms with Crippen molar-refractivity contribution in [3.05, 3.63) is 35.9 Å². The maximum absolute atomic E-state index is 12.9. The quantitative estimate of drug-likeness (QED) is 0.602. The van der Waals surface area contributed by atoms with Gasteiger partial charge in [0.05, 0.1) is 6.04 Å². The Bertz CT molecular complexity index is 692. The van der Waals surface area contributed by atoms with Crippen LogP contribution in [0.4, 0.5) is 4.79 Å². The van der Waals surface area contributed by atoms with Crippen molar-refractivity contribution >= 4 is 17.5 Å². The number of nitrogens with one attached hydrogen (secondary N) is 1. The van der Waals surface area contributed by atoms with Gasteiger partial charge in [0, 0.05) is 36.5 Å². The number of hydrogen-bond acceptors (Lipinski definition) is 5. The molecule has 0 unspecified atom stereocenters. The number of aliphatic hydroxyl groups excluding tert-OH is 1. The van der Waals surface area contributed by atoms with E-state index in [4.69, 9.17) is 4.74 Å². The zero-order valence-electron chi connectivity index (χ0n) is 19.2. The van der Waals surface area contributed by atoms with Crippen LogP contribution in [0, 0.1) is 10.8 Å². The Balaban J connectivity index is 2.07. The molecule has 1 saturated heterocycles. The molecule has 7 heteroatoms. The first-order chi connectivity index (χ1) is 13.9. The normalized spacial score (nSPS) is 22.1. The minimum absolute atomic E-state index is 0.0479. The van der Waals surface area contributed by atoms with Gasteiger partial charge < -0.3 is 19.3 Å². The Labute approximate surface area is 184 Å². The molecule has 1 aliphatic heterocycles. The number of benzene rings is 1. The van der Waals surface area contributed by atoms with Crippen LogP contribution in [0.25, 0.3) is 0 Å². The summed E-state index contributed by atoms with van der Waals surface area (Å²) < 4.78 is 21.3. The van der Waals surface area contributed by atoms with Gasteiger partial charge in [-0.3, -0.25) is 0 Å². The summed E-state index contributed by atoms with van der Waals surface area (Å²) in [5, 5.41) is 9.79.